The van der Waals surface area contributed by atoms with Crippen LogP contribution in [0.2, 0.25) is 0 Å². The summed E-state index contributed by atoms with van der Waals surface area (Å²) in [5.74, 6) is 2.36. The summed E-state index contributed by atoms with van der Waals surface area (Å²) in [5, 5.41) is 9.16. The van der Waals surface area contributed by atoms with Gasteiger partial charge in [0.2, 0.25) is 5.91 Å². The maximum atomic E-state index is 13.8. The zero-order valence-corrected chi connectivity index (χ0v) is 43.5. The number of esters is 1. The van der Waals surface area contributed by atoms with Crippen molar-refractivity contribution in [2.45, 2.75) is 85.2 Å². The molecule has 0 fully saturated rings. The Bertz CT molecular complexity index is 2410. The van der Waals surface area contributed by atoms with E-state index >= 15 is 0 Å². The molecule has 5 rings (SSSR count). The van der Waals surface area contributed by atoms with Gasteiger partial charge in [0.1, 0.15) is 59.2 Å². The summed E-state index contributed by atoms with van der Waals surface area (Å²) >= 11 is 0. The van der Waals surface area contributed by atoms with Crippen molar-refractivity contribution in [3.8, 4) is 23.0 Å². The Morgan fingerprint density at radius 1 is 0.803 bits per heavy atom. The van der Waals surface area contributed by atoms with Crippen molar-refractivity contribution in [2.24, 2.45) is 0 Å². The van der Waals surface area contributed by atoms with E-state index in [0.29, 0.717) is 72.1 Å². The van der Waals surface area contributed by atoms with Gasteiger partial charge in [-0.2, -0.15) is 13.5 Å². The number of aryl methyl sites for hydroxylation is 1. The lowest BCUT2D eigenvalue weighted by Gasteiger charge is -2.27. The van der Waals surface area contributed by atoms with Crippen LogP contribution in [0, 0.1) is 6.92 Å². The molecule has 384 valence electrons. The number of benzene rings is 4. The Kier molecular flexibility index (Phi) is 23.0. The predicted molar refractivity (Wildman–Crippen MR) is 280 cm³/mol. The molecule has 5 aromatic rings. The molecule has 18 heteroatoms. The minimum atomic E-state index is -0.796. The van der Waals surface area contributed by atoms with E-state index in [1.165, 1.54) is 11.9 Å². The van der Waals surface area contributed by atoms with Crippen LogP contribution in [0.1, 0.15) is 69.2 Å². The highest BCUT2D eigenvalue weighted by molar-refractivity contribution is 7.59. The third-order valence-electron chi connectivity index (χ3n) is 10.5. The number of hydrogen-bond acceptors (Lipinski definition) is 15. The van der Waals surface area contributed by atoms with Gasteiger partial charge in [-0.1, -0.05) is 42.0 Å². The Balaban J connectivity index is 0.0000110. The molecule has 71 heavy (non-hydrogen) atoms. The highest BCUT2D eigenvalue weighted by Gasteiger charge is 2.25. The topological polar surface area (TPSA) is 184 Å². The molecule has 0 saturated heterocycles. The van der Waals surface area contributed by atoms with Crippen LogP contribution in [-0.4, -0.2) is 106 Å². The second kappa shape index (κ2) is 28.8. The molecule has 0 bridgehead atoms. The molecule has 0 aliphatic heterocycles. The molecule has 1 heterocycles. The van der Waals surface area contributed by atoms with Crippen LogP contribution in [0.3, 0.4) is 0 Å². The molecule has 0 unspecified atom stereocenters. The molecule has 4 aromatic carbocycles. The number of rotatable bonds is 27. The van der Waals surface area contributed by atoms with Gasteiger partial charge in [0.15, 0.2) is 6.61 Å². The van der Waals surface area contributed by atoms with Gasteiger partial charge in [0.05, 0.1) is 46.1 Å². The summed E-state index contributed by atoms with van der Waals surface area (Å²) in [5.41, 5.74) is 4.51. The van der Waals surface area contributed by atoms with Crippen molar-refractivity contribution in [1.82, 2.24) is 25.5 Å². The molecular weight excluding hydrogens is 927 g/mol. The fourth-order valence-electron chi connectivity index (χ4n) is 7.09. The lowest BCUT2D eigenvalue weighted by atomic mass is 10.1. The van der Waals surface area contributed by atoms with Crippen molar-refractivity contribution in [1.29, 1.82) is 0 Å². The number of alkyl carbamates (subject to hydrolysis) is 1. The van der Waals surface area contributed by atoms with Gasteiger partial charge in [-0.25, -0.2) is 19.6 Å². The fraction of sp³-hybridized carbons (Fsp3) is 0.415. The number of nitrogens with one attached hydrogen (secondary N) is 3. The van der Waals surface area contributed by atoms with Crippen LogP contribution in [0.15, 0.2) is 97.3 Å². The van der Waals surface area contributed by atoms with E-state index in [2.05, 4.69) is 44.9 Å². The van der Waals surface area contributed by atoms with Crippen LogP contribution in [0.4, 0.5) is 27.8 Å². The van der Waals surface area contributed by atoms with Crippen molar-refractivity contribution < 1.29 is 47.5 Å². The van der Waals surface area contributed by atoms with Gasteiger partial charge in [0, 0.05) is 36.1 Å². The van der Waals surface area contributed by atoms with E-state index in [1.54, 1.807) is 54.0 Å². The van der Waals surface area contributed by atoms with Gasteiger partial charge >= 0.3 is 12.1 Å². The lowest BCUT2D eigenvalue weighted by molar-refractivity contribution is -0.145. The van der Waals surface area contributed by atoms with Gasteiger partial charge in [-0.05, 0) is 122 Å². The van der Waals surface area contributed by atoms with Crippen LogP contribution in [-0.2, 0) is 43.5 Å². The molecule has 1 aromatic heterocycles. The summed E-state index contributed by atoms with van der Waals surface area (Å²) in [7, 11) is 7.18. The monoisotopic (exact) mass is 997 g/mol. The van der Waals surface area contributed by atoms with E-state index in [-0.39, 0.29) is 45.7 Å². The van der Waals surface area contributed by atoms with Gasteiger partial charge < -0.3 is 58.9 Å². The zero-order chi connectivity index (χ0) is 50.5. The highest BCUT2D eigenvalue weighted by atomic mass is 32.1. The smallest absolute Gasteiger partial charge is 0.408 e. The van der Waals surface area contributed by atoms with Crippen molar-refractivity contribution in [3.05, 3.63) is 120 Å². The second-order valence-corrected chi connectivity index (χ2v) is 17.7. The van der Waals surface area contributed by atoms with Crippen LogP contribution >= 0.6 is 13.5 Å². The molecule has 0 aliphatic rings. The number of nitrogens with zero attached hydrogens (tertiary/aromatic N) is 4. The maximum Gasteiger partial charge on any atom is 0.408 e. The van der Waals surface area contributed by atoms with Crippen LogP contribution < -0.4 is 39.8 Å². The summed E-state index contributed by atoms with van der Waals surface area (Å²) in [6.07, 6.45) is 2.85. The van der Waals surface area contributed by atoms with Gasteiger partial charge in [-0.15, -0.1) is 0 Å². The number of hydrogen-bond donors (Lipinski definition) is 3. The average Bonchev–Trinajstić information content (AvgIpc) is 3.33. The molecule has 17 nitrogen and oxygen atoms in total. The predicted octanol–water partition coefficient (Wildman–Crippen LogP) is 8.78. The van der Waals surface area contributed by atoms with Crippen molar-refractivity contribution in [2.75, 3.05) is 71.5 Å². The first-order valence-corrected chi connectivity index (χ1v) is 23.4. The fourth-order valence-corrected chi connectivity index (χ4v) is 7.09. The summed E-state index contributed by atoms with van der Waals surface area (Å²) in [6, 6.07) is 27.7. The molecule has 3 N–H and O–H groups in total. The van der Waals surface area contributed by atoms with Gasteiger partial charge in [0.25, 0.3) is 0 Å². The molecule has 0 saturated carbocycles. The Hall–Kier alpha value is -6.76. The zero-order valence-electron chi connectivity index (χ0n) is 42.5. The van der Waals surface area contributed by atoms with E-state index in [4.69, 9.17) is 38.1 Å². The molecular formula is C53H71N7O10S. The number of carbonyl (C=O) groups excluding carboxylic acids is 3. The second-order valence-electron chi connectivity index (χ2n) is 17.7. The third-order valence-corrected chi connectivity index (χ3v) is 10.5. The van der Waals surface area contributed by atoms with E-state index < -0.39 is 23.7 Å². The number of aromatic nitrogens is 2. The first-order valence-electron chi connectivity index (χ1n) is 23.4. The van der Waals surface area contributed by atoms with Crippen molar-refractivity contribution in [3.63, 3.8) is 0 Å². The number of amides is 2. The minimum absolute atomic E-state index is 0. The van der Waals surface area contributed by atoms with Crippen molar-refractivity contribution >= 4 is 54.5 Å². The SMILES string of the molecule is CCOC(=O)COc1ccc(Nc2cc(N(Cc3c(OC)cc(OCCOCc4ccc(C)cc4)cc3OC)c3cccc(CNC(=O)[C@H](CCCCN(C)C)NC(=O)OC(C)(C)C)c3)ncn2)cc1.S. The normalized spacial score (nSPS) is 11.4. The Morgan fingerprint density at radius 3 is 2.18 bits per heavy atom. The minimum Gasteiger partial charge on any atom is -0.496 e. The van der Waals surface area contributed by atoms with Gasteiger partial charge in [-0.3, -0.25) is 4.79 Å². The highest BCUT2D eigenvalue weighted by Crippen LogP contribution is 2.38. The summed E-state index contributed by atoms with van der Waals surface area (Å²) in [4.78, 5) is 51.7. The third kappa shape index (κ3) is 19.5. The molecule has 2 amide bonds. The summed E-state index contributed by atoms with van der Waals surface area (Å²) in [6.45, 7) is 11.6. The molecule has 0 aliphatic carbocycles. The first-order chi connectivity index (χ1) is 33.6. The maximum absolute atomic E-state index is 13.8. The number of unbranched alkanes of at least 4 members (excludes halogenated alkanes) is 1. The first kappa shape index (κ1) is 56.8. The standard InChI is InChI=1S/C53H69N7O10.H2S/c1-10-67-50(61)35-69-42-23-21-40(22-24-42)57-48-31-49(56-36-55-48)60(33-44-46(64-8)29-43(30-47(44)65-9)68-27-26-66-34-38-19-17-37(2)18-20-38)41-15-13-14-39(28-41)32-54-51(62)45(16-11-12-25-59(6)7)58-52(63)70-53(3,4)5;/h13-15,17-24,28-31,36,45H,10-12,16,25-27,32-35H2,1-9H3,(H,54,62)(H,58,63)(H,55,56,57);1H2/t45-;/m0./s1. The van der Waals surface area contributed by atoms with E-state index in [0.717, 1.165) is 36.2 Å². The number of anilines is 4. The Morgan fingerprint density at radius 2 is 1.52 bits per heavy atom. The average molecular weight is 998 g/mol. The van der Waals surface area contributed by atoms with E-state index in [9.17, 15) is 14.4 Å². The van der Waals surface area contributed by atoms with E-state index in [1.807, 2.05) is 85.7 Å². The lowest BCUT2D eigenvalue weighted by Crippen LogP contribution is -2.48. The number of ether oxygens (including phenoxy) is 7. The van der Waals surface area contributed by atoms with Crippen LogP contribution in [0.5, 0.6) is 23.0 Å². The van der Waals surface area contributed by atoms with Crippen LogP contribution in [0.25, 0.3) is 0 Å². The quantitative estimate of drug-likeness (QED) is 0.0335. The summed E-state index contributed by atoms with van der Waals surface area (Å²) < 4.78 is 40.0. The number of carbonyl (C=O) groups is 3. The molecule has 0 spiro atoms. The molecule has 1 atom stereocenters. The number of methoxy groups -OCH3 is 2. The largest absolute Gasteiger partial charge is 0.496 e. The molecule has 0 radical (unpaired) electrons. The Labute approximate surface area is 425 Å².